The fraction of sp³-hybridized carbons (Fsp3) is 0.263. The molecule has 0 aliphatic rings. The molecule has 2 N–H and O–H groups in total. The van der Waals surface area contributed by atoms with E-state index in [1.807, 2.05) is 48.5 Å². The van der Waals surface area contributed by atoms with Gasteiger partial charge in [0.1, 0.15) is 0 Å². The Morgan fingerprint density at radius 3 is 2.48 bits per heavy atom. The highest BCUT2D eigenvalue weighted by atomic mass is 35.5. The van der Waals surface area contributed by atoms with E-state index in [0.717, 1.165) is 41.8 Å². The monoisotopic (exact) mass is 327 g/mol. The smallest absolute Gasteiger partial charge is 0.0998 e. The minimum atomic E-state index is 0. The van der Waals surface area contributed by atoms with Gasteiger partial charge >= 0.3 is 0 Å². The number of nitriles is 1. The van der Waals surface area contributed by atoms with Gasteiger partial charge in [-0.3, -0.25) is 4.99 Å². The molecule has 2 aromatic rings. The Labute approximate surface area is 144 Å². The molecule has 0 bridgehead atoms. The Morgan fingerprint density at radius 2 is 1.83 bits per heavy atom. The molecule has 0 unspecified atom stereocenters. The van der Waals surface area contributed by atoms with Gasteiger partial charge in [0, 0.05) is 6.42 Å². The molecule has 0 aromatic heterocycles. The molecular weight excluding hydrogens is 306 g/mol. The van der Waals surface area contributed by atoms with Gasteiger partial charge in [0.25, 0.3) is 0 Å². The zero-order chi connectivity index (χ0) is 15.8. The normalized spacial score (nSPS) is 10.7. The highest BCUT2D eigenvalue weighted by molar-refractivity contribution is 5.85. The fourth-order valence-electron chi connectivity index (χ4n) is 2.25. The number of nitrogens with zero attached hydrogens (tertiary/aromatic N) is 2. The standard InChI is InChI=1S/C19H21N3.ClH/c1-2-3-8-19(21)22-14-15-9-11-16(12-10-15)18-7-5-4-6-17(18)13-20;/h4-7,9-12H,2-3,8,14H2,1H3,(H2,21,22);1H. The predicted octanol–water partition coefficient (Wildman–Crippen LogP) is 4.69. The van der Waals surface area contributed by atoms with Crippen molar-refractivity contribution in [2.45, 2.75) is 32.7 Å². The summed E-state index contributed by atoms with van der Waals surface area (Å²) in [5, 5.41) is 9.17. The van der Waals surface area contributed by atoms with Crippen LogP contribution in [0.5, 0.6) is 0 Å². The SMILES string of the molecule is CCCCC(N)=NCc1ccc(-c2ccccc2C#N)cc1.Cl. The molecule has 2 rings (SSSR count). The summed E-state index contributed by atoms with van der Waals surface area (Å²) >= 11 is 0. The largest absolute Gasteiger partial charge is 0.387 e. The third-order valence-corrected chi connectivity index (χ3v) is 3.56. The van der Waals surface area contributed by atoms with Gasteiger partial charge in [-0.2, -0.15) is 5.26 Å². The highest BCUT2D eigenvalue weighted by Gasteiger charge is 2.03. The van der Waals surface area contributed by atoms with Crippen molar-refractivity contribution in [3.8, 4) is 17.2 Å². The molecule has 0 saturated carbocycles. The van der Waals surface area contributed by atoms with Crippen LogP contribution in [0.2, 0.25) is 0 Å². The summed E-state index contributed by atoms with van der Waals surface area (Å²) in [6, 6.07) is 18.0. The van der Waals surface area contributed by atoms with Gasteiger partial charge in [0.05, 0.1) is 24.0 Å². The maximum absolute atomic E-state index is 9.17. The molecule has 0 aliphatic carbocycles. The summed E-state index contributed by atoms with van der Waals surface area (Å²) < 4.78 is 0. The van der Waals surface area contributed by atoms with Crippen LogP contribution in [0, 0.1) is 11.3 Å². The third kappa shape index (κ3) is 5.43. The zero-order valence-electron chi connectivity index (χ0n) is 13.3. The highest BCUT2D eigenvalue weighted by Crippen LogP contribution is 2.23. The van der Waals surface area contributed by atoms with E-state index in [9.17, 15) is 0 Å². The Hall–Kier alpha value is -2.31. The van der Waals surface area contributed by atoms with Gasteiger partial charge in [-0.1, -0.05) is 55.8 Å². The van der Waals surface area contributed by atoms with Crippen molar-refractivity contribution in [1.29, 1.82) is 5.26 Å². The first-order valence-electron chi connectivity index (χ1n) is 7.62. The van der Waals surface area contributed by atoms with E-state index in [-0.39, 0.29) is 12.4 Å². The van der Waals surface area contributed by atoms with Crippen LogP contribution < -0.4 is 5.73 Å². The molecule has 0 amide bonds. The van der Waals surface area contributed by atoms with Gasteiger partial charge in [-0.25, -0.2) is 0 Å². The molecule has 0 radical (unpaired) electrons. The maximum atomic E-state index is 9.17. The van der Waals surface area contributed by atoms with Crippen LogP contribution in [-0.4, -0.2) is 5.84 Å². The Bertz CT molecular complexity index is 685. The second-order valence-corrected chi connectivity index (χ2v) is 5.27. The second-order valence-electron chi connectivity index (χ2n) is 5.27. The van der Waals surface area contributed by atoms with Crippen LogP contribution in [0.15, 0.2) is 53.5 Å². The van der Waals surface area contributed by atoms with E-state index in [1.54, 1.807) is 0 Å². The molecule has 2 aromatic carbocycles. The minimum absolute atomic E-state index is 0. The average Bonchev–Trinajstić information content (AvgIpc) is 2.58. The summed E-state index contributed by atoms with van der Waals surface area (Å²) in [4.78, 5) is 4.41. The van der Waals surface area contributed by atoms with E-state index in [4.69, 9.17) is 11.0 Å². The van der Waals surface area contributed by atoms with Gasteiger partial charge in [0.2, 0.25) is 0 Å². The van der Waals surface area contributed by atoms with E-state index < -0.39 is 0 Å². The van der Waals surface area contributed by atoms with E-state index in [0.29, 0.717) is 12.1 Å². The molecule has 3 nitrogen and oxygen atoms in total. The summed E-state index contributed by atoms with van der Waals surface area (Å²) in [5.41, 5.74) is 9.70. The van der Waals surface area contributed by atoms with Crippen LogP contribution in [0.3, 0.4) is 0 Å². The lowest BCUT2D eigenvalue weighted by Gasteiger charge is -2.05. The summed E-state index contributed by atoms with van der Waals surface area (Å²) in [6.45, 7) is 2.75. The predicted molar refractivity (Wildman–Crippen MR) is 98.7 cm³/mol. The number of rotatable bonds is 6. The fourth-order valence-corrected chi connectivity index (χ4v) is 2.25. The van der Waals surface area contributed by atoms with Crippen LogP contribution in [0.1, 0.15) is 37.3 Å². The van der Waals surface area contributed by atoms with Crippen molar-refractivity contribution in [2.24, 2.45) is 10.7 Å². The molecule has 0 heterocycles. The molecule has 0 spiro atoms. The van der Waals surface area contributed by atoms with Gasteiger partial charge in [-0.05, 0) is 29.2 Å². The van der Waals surface area contributed by atoms with Gasteiger partial charge in [-0.15, -0.1) is 12.4 Å². The van der Waals surface area contributed by atoms with Crippen LogP contribution >= 0.6 is 12.4 Å². The van der Waals surface area contributed by atoms with Crippen molar-refractivity contribution in [3.63, 3.8) is 0 Å². The minimum Gasteiger partial charge on any atom is -0.387 e. The number of hydrogen-bond donors (Lipinski definition) is 1. The molecule has 0 atom stereocenters. The van der Waals surface area contributed by atoms with Crippen molar-refractivity contribution < 1.29 is 0 Å². The number of halogens is 1. The van der Waals surface area contributed by atoms with Gasteiger partial charge in [0.15, 0.2) is 0 Å². The van der Waals surface area contributed by atoms with E-state index in [1.165, 1.54) is 0 Å². The van der Waals surface area contributed by atoms with Crippen LogP contribution in [-0.2, 0) is 6.54 Å². The second kappa shape index (κ2) is 9.66. The molecule has 4 heteroatoms. The molecule has 120 valence electrons. The Balaban J connectivity index is 0.00000264. The number of unbranched alkanes of at least 4 members (excludes halogenated alkanes) is 1. The van der Waals surface area contributed by atoms with Crippen molar-refractivity contribution in [3.05, 3.63) is 59.7 Å². The quantitative estimate of drug-likeness (QED) is 0.617. The topological polar surface area (TPSA) is 62.2 Å². The lowest BCUT2D eigenvalue weighted by atomic mass is 9.99. The molecule has 0 aliphatic heterocycles. The van der Waals surface area contributed by atoms with Crippen molar-refractivity contribution in [1.82, 2.24) is 0 Å². The lowest BCUT2D eigenvalue weighted by Crippen LogP contribution is -2.11. The van der Waals surface area contributed by atoms with Gasteiger partial charge < -0.3 is 5.73 Å². The number of hydrogen-bond acceptors (Lipinski definition) is 2. The molecular formula is C19H22ClN3. The summed E-state index contributed by atoms with van der Waals surface area (Å²) in [5.74, 6) is 0.723. The number of amidine groups is 1. The first kappa shape index (κ1) is 18.7. The Morgan fingerprint density at radius 1 is 1.13 bits per heavy atom. The molecule has 0 fully saturated rings. The average molecular weight is 328 g/mol. The number of nitrogens with two attached hydrogens (primary N) is 1. The zero-order valence-corrected chi connectivity index (χ0v) is 14.1. The first-order chi connectivity index (χ1) is 10.7. The lowest BCUT2D eigenvalue weighted by molar-refractivity contribution is 0.825. The van der Waals surface area contributed by atoms with Crippen LogP contribution in [0.4, 0.5) is 0 Å². The third-order valence-electron chi connectivity index (χ3n) is 3.56. The molecule has 0 saturated heterocycles. The van der Waals surface area contributed by atoms with E-state index >= 15 is 0 Å². The number of aliphatic imine (C=N–C) groups is 1. The van der Waals surface area contributed by atoms with Crippen molar-refractivity contribution in [2.75, 3.05) is 0 Å². The number of benzene rings is 2. The summed E-state index contributed by atoms with van der Waals surface area (Å²) in [6.07, 6.45) is 3.08. The first-order valence-corrected chi connectivity index (χ1v) is 7.62. The van der Waals surface area contributed by atoms with Crippen molar-refractivity contribution >= 4 is 18.2 Å². The maximum Gasteiger partial charge on any atom is 0.0998 e. The summed E-state index contributed by atoms with van der Waals surface area (Å²) in [7, 11) is 0. The Kier molecular flexibility index (Phi) is 7.87. The van der Waals surface area contributed by atoms with E-state index in [2.05, 4.69) is 18.0 Å². The molecule has 23 heavy (non-hydrogen) atoms. The van der Waals surface area contributed by atoms with Crippen LogP contribution in [0.25, 0.3) is 11.1 Å².